The van der Waals surface area contributed by atoms with Gasteiger partial charge in [-0.3, -0.25) is 9.59 Å². The van der Waals surface area contributed by atoms with E-state index in [9.17, 15) is 9.59 Å². The van der Waals surface area contributed by atoms with Gasteiger partial charge in [-0.2, -0.15) is 0 Å². The first-order valence-corrected chi connectivity index (χ1v) is 8.93. The molecule has 3 nitrogen and oxygen atoms in total. The lowest BCUT2D eigenvalue weighted by Gasteiger charge is -2.07. The Morgan fingerprint density at radius 2 is 1.56 bits per heavy atom. The van der Waals surface area contributed by atoms with E-state index in [4.69, 9.17) is 11.6 Å². The molecule has 0 bridgehead atoms. The van der Waals surface area contributed by atoms with Gasteiger partial charge in [0.05, 0.1) is 25.8 Å². The molecule has 5 heteroatoms. The number of rotatable bonds is 0. The van der Waals surface area contributed by atoms with E-state index in [2.05, 4.69) is 4.98 Å². The predicted octanol–water partition coefficient (Wildman–Crippen LogP) is 5.06. The van der Waals surface area contributed by atoms with Gasteiger partial charge in [0, 0.05) is 21.2 Å². The first kappa shape index (κ1) is 14.6. The predicted molar refractivity (Wildman–Crippen MR) is 106 cm³/mol. The number of benzene rings is 4. The second-order valence-corrected chi connectivity index (χ2v) is 7.45. The number of hydrogen-bond acceptors (Lipinski definition) is 3. The fourth-order valence-electron chi connectivity index (χ4n) is 3.31. The van der Waals surface area contributed by atoms with Gasteiger partial charge in [0.2, 0.25) is 0 Å². The van der Waals surface area contributed by atoms with Crippen LogP contribution in [0.15, 0.2) is 64.2 Å². The van der Waals surface area contributed by atoms with Crippen molar-refractivity contribution >= 4 is 64.9 Å². The van der Waals surface area contributed by atoms with E-state index >= 15 is 0 Å². The normalized spacial score (nSPS) is 11.7. The van der Waals surface area contributed by atoms with Gasteiger partial charge in [0.25, 0.3) is 0 Å². The maximum Gasteiger partial charge on any atom is 0.196 e. The summed E-state index contributed by atoms with van der Waals surface area (Å²) < 4.78 is 1.91. The maximum atomic E-state index is 13.1. The second kappa shape index (κ2) is 5.15. The Bertz CT molecular complexity index is 1450. The zero-order valence-corrected chi connectivity index (χ0v) is 14.4. The van der Waals surface area contributed by atoms with Crippen LogP contribution in [0.5, 0.6) is 0 Å². The molecule has 0 fully saturated rings. The third-order valence-corrected chi connectivity index (χ3v) is 5.83. The summed E-state index contributed by atoms with van der Waals surface area (Å²) in [7, 11) is 0. The van der Waals surface area contributed by atoms with Gasteiger partial charge in [-0.05, 0) is 30.3 Å². The highest BCUT2D eigenvalue weighted by atomic mass is 35.5. The molecular formula is C20H10ClNO2S. The van der Waals surface area contributed by atoms with Gasteiger partial charge in [-0.1, -0.05) is 35.9 Å². The summed E-state index contributed by atoms with van der Waals surface area (Å²) in [5.74, 6) is 0. The van der Waals surface area contributed by atoms with Crippen molar-refractivity contribution in [3.8, 4) is 0 Å². The van der Waals surface area contributed by atoms with Gasteiger partial charge in [0.1, 0.15) is 0 Å². The summed E-state index contributed by atoms with van der Waals surface area (Å²) in [6.45, 7) is 0. The molecule has 25 heavy (non-hydrogen) atoms. The number of nitrogens with one attached hydrogen (secondary N) is 1. The van der Waals surface area contributed by atoms with Crippen LogP contribution in [0.1, 0.15) is 0 Å². The van der Waals surface area contributed by atoms with Crippen LogP contribution in [0.25, 0.3) is 42.0 Å². The van der Waals surface area contributed by atoms with Crippen LogP contribution in [0.4, 0.5) is 0 Å². The summed E-state index contributed by atoms with van der Waals surface area (Å²) >= 11 is 7.62. The minimum absolute atomic E-state index is 0.110. The number of H-pyrrole nitrogens is 1. The van der Waals surface area contributed by atoms with Gasteiger partial charge in [0.15, 0.2) is 10.9 Å². The highest BCUT2D eigenvalue weighted by Crippen LogP contribution is 2.30. The first-order valence-electron chi connectivity index (χ1n) is 7.73. The lowest BCUT2D eigenvalue weighted by atomic mass is 10.0. The van der Waals surface area contributed by atoms with E-state index in [0.717, 1.165) is 14.9 Å². The minimum atomic E-state index is -0.118. The van der Waals surface area contributed by atoms with Crippen LogP contribution in [-0.2, 0) is 0 Å². The van der Waals surface area contributed by atoms with Crippen molar-refractivity contribution in [3.05, 3.63) is 80.1 Å². The SMILES string of the molecule is O=c1c2ccccc2c(=O)c2c1ccc1sc3cc(Cl)ccc3[nH]c12. The van der Waals surface area contributed by atoms with E-state index in [-0.39, 0.29) is 10.9 Å². The molecule has 0 atom stereocenters. The van der Waals surface area contributed by atoms with E-state index in [0.29, 0.717) is 32.1 Å². The molecule has 0 saturated heterocycles. The van der Waals surface area contributed by atoms with Crippen molar-refractivity contribution in [1.82, 2.24) is 4.98 Å². The molecular weight excluding hydrogens is 354 g/mol. The van der Waals surface area contributed by atoms with Crippen molar-refractivity contribution < 1.29 is 0 Å². The Labute approximate surface area is 150 Å². The molecule has 0 aliphatic rings. The lowest BCUT2D eigenvalue weighted by Crippen LogP contribution is -2.13. The molecule has 5 rings (SSSR count). The fraction of sp³-hybridized carbons (Fsp3) is 0. The standard InChI is InChI=1S/C20H10ClNO2S/c21-10-5-7-14-16(9-10)25-15-8-6-13-17(18(15)22-14)20(24)12-4-2-1-3-11(12)19(13)23/h1-9,22H. The Morgan fingerprint density at radius 1 is 0.800 bits per heavy atom. The highest BCUT2D eigenvalue weighted by Gasteiger charge is 2.14. The number of hydrogen-bond donors (Lipinski definition) is 1. The molecule has 0 unspecified atom stereocenters. The Balaban J connectivity index is 2.09. The number of halogens is 1. The van der Waals surface area contributed by atoms with Gasteiger partial charge < -0.3 is 4.98 Å². The smallest absolute Gasteiger partial charge is 0.196 e. The molecule has 4 aromatic carbocycles. The van der Waals surface area contributed by atoms with Crippen LogP contribution in [-0.4, -0.2) is 4.98 Å². The average Bonchev–Trinajstić information content (AvgIpc) is 2.63. The highest BCUT2D eigenvalue weighted by molar-refractivity contribution is 7.24. The zero-order chi connectivity index (χ0) is 17.1. The summed E-state index contributed by atoms with van der Waals surface area (Å²) in [4.78, 5) is 29.2. The van der Waals surface area contributed by atoms with Gasteiger partial charge in [-0.15, -0.1) is 11.3 Å². The van der Waals surface area contributed by atoms with Crippen LogP contribution in [0.2, 0.25) is 5.02 Å². The third kappa shape index (κ3) is 2.05. The molecule has 120 valence electrons. The Kier molecular flexibility index (Phi) is 3.02. The third-order valence-electron chi connectivity index (χ3n) is 4.48. The lowest BCUT2D eigenvalue weighted by molar-refractivity contribution is 1.53. The fourth-order valence-corrected chi connectivity index (χ4v) is 4.59. The van der Waals surface area contributed by atoms with Crippen LogP contribution >= 0.6 is 22.9 Å². The van der Waals surface area contributed by atoms with Crippen LogP contribution < -0.4 is 10.9 Å². The molecule has 0 aliphatic heterocycles. The van der Waals surface area contributed by atoms with Gasteiger partial charge >= 0.3 is 0 Å². The van der Waals surface area contributed by atoms with E-state index in [1.54, 1.807) is 47.7 Å². The largest absolute Gasteiger partial charge is 0.353 e. The first-order chi connectivity index (χ1) is 12.1. The number of fused-ring (bicyclic) bond motifs is 5. The van der Waals surface area contributed by atoms with Crippen LogP contribution in [0.3, 0.4) is 0 Å². The maximum absolute atomic E-state index is 13.1. The van der Waals surface area contributed by atoms with Crippen molar-refractivity contribution in [3.63, 3.8) is 0 Å². The van der Waals surface area contributed by atoms with Crippen LogP contribution in [0, 0.1) is 0 Å². The second-order valence-electron chi connectivity index (χ2n) is 5.93. The Hall–Kier alpha value is -2.69. The van der Waals surface area contributed by atoms with Crippen molar-refractivity contribution in [2.75, 3.05) is 0 Å². The minimum Gasteiger partial charge on any atom is -0.353 e. The summed E-state index contributed by atoms with van der Waals surface area (Å²) in [5.41, 5.74) is 1.36. The molecule has 1 heterocycles. The summed E-state index contributed by atoms with van der Waals surface area (Å²) in [6, 6.07) is 16.2. The number of aromatic amines is 1. The van der Waals surface area contributed by atoms with Crippen molar-refractivity contribution in [2.24, 2.45) is 0 Å². The van der Waals surface area contributed by atoms with Crippen molar-refractivity contribution in [1.29, 1.82) is 0 Å². The van der Waals surface area contributed by atoms with E-state index < -0.39 is 0 Å². The van der Waals surface area contributed by atoms with Gasteiger partial charge in [-0.25, -0.2) is 0 Å². The molecule has 1 N–H and O–H groups in total. The quantitative estimate of drug-likeness (QED) is 0.309. The zero-order valence-electron chi connectivity index (χ0n) is 12.8. The molecule has 0 aliphatic carbocycles. The molecule has 1 aromatic heterocycles. The topological polar surface area (TPSA) is 49.9 Å². The van der Waals surface area contributed by atoms with E-state index in [1.165, 1.54) is 0 Å². The molecule has 0 radical (unpaired) electrons. The monoisotopic (exact) mass is 363 g/mol. The summed E-state index contributed by atoms with van der Waals surface area (Å²) in [6.07, 6.45) is 0. The molecule has 0 amide bonds. The van der Waals surface area contributed by atoms with Crippen molar-refractivity contribution in [2.45, 2.75) is 0 Å². The Morgan fingerprint density at radius 3 is 2.36 bits per heavy atom. The molecule has 0 spiro atoms. The van der Waals surface area contributed by atoms with E-state index in [1.807, 2.05) is 18.2 Å². The molecule has 0 saturated carbocycles. The summed E-state index contributed by atoms with van der Waals surface area (Å²) in [5, 5.41) is 2.50. The number of aromatic nitrogens is 1. The average molecular weight is 364 g/mol. The molecule has 5 aromatic rings.